The van der Waals surface area contributed by atoms with Crippen molar-refractivity contribution in [1.82, 2.24) is 20.3 Å². The predicted octanol–water partition coefficient (Wildman–Crippen LogP) is 3.37. The van der Waals surface area contributed by atoms with E-state index in [0.29, 0.717) is 48.8 Å². The lowest BCUT2D eigenvalue weighted by Crippen LogP contribution is -2.49. The molecule has 0 radical (unpaired) electrons. The van der Waals surface area contributed by atoms with E-state index in [9.17, 15) is 18.0 Å². The van der Waals surface area contributed by atoms with Crippen molar-refractivity contribution in [3.63, 3.8) is 0 Å². The summed E-state index contributed by atoms with van der Waals surface area (Å²) in [6, 6.07) is 10.1. The molecule has 0 spiro atoms. The van der Waals surface area contributed by atoms with Crippen LogP contribution in [0.1, 0.15) is 62.2 Å². The topological polar surface area (TPSA) is 108 Å². The molecule has 3 amide bonds. The maximum Gasteiger partial charge on any atom is 0.317 e. The first-order chi connectivity index (χ1) is 16.4. The van der Waals surface area contributed by atoms with Gasteiger partial charge in [0, 0.05) is 42.7 Å². The van der Waals surface area contributed by atoms with Gasteiger partial charge in [0.2, 0.25) is 10.0 Å². The van der Waals surface area contributed by atoms with E-state index in [0.717, 1.165) is 25.7 Å². The number of hydrogen-bond donors (Lipinski definition) is 3. The highest BCUT2D eigenvalue weighted by atomic mass is 32.2. The van der Waals surface area contributed by atoms with Gasteiger partial charge < -0.3 is 15.5 Å². The number of amides is 3. The summed E-state index contributed by atoms with van der Waals surface area (Å²) in [7, 11) is -3.80. The summed E-state index contributed by atoms with van der Waals surface area (Å²) < 4.78 is 29.5. The first-order valence-corrected chi connectivity index (χ1v) is 13.7. The quantitative estimate of drug-likeness (QED) is 0.582. The molecule has 1 saturated carbocycles. The number of nitrogens with zero attached hydrogens (tertiary/aromatic N) is 1. The van der Waals surface area contributed by atoms with Gasteiger partial charge in [0.1, 0.15) is 0 Å². The second-order valence-electron chi connectivity index (χ2n) is 9.18. The predicted molar refractivity (Wildman–Crippen MR) is 132 cm³/mol. The first-order valence-electron chi connectivity index (χ1n) is 12.3. The second-order valence-corrected chi connectivity index (χ2v) is 10.9. The van der Waals surface area contributed by atoms with Crippen molar-refractivity contribution in [3.05, 3.63) is 42.0 Å². The van der Waals surface area contributed by atoms with Crippen LogP contribution < -0.4 is 15.4 Å². The monoisotopic (exact) mass is 486 g/mol. The molecule has 9 heteroatoms. The number of nitrogens with one attached hydrogen (secondary N) is 3. The van der Waals surface area contributed by atoms with Gasteiger partial charge in [-0.1, -0.05) is 43.5 Å². The molecule has 2 aromatic rings. The second kappa shape index (κ2) is 10.7. The van der Waals surface area contributed by atoms with Crippen LogP contribution in [0.15, 0.2) is 41.3 Å². The molecule has 2 aliphatic rings. The maximum atomic E-state index is 13.3. The number of rotatable bonds is 6. The molecule has 4 rings (SSSR count). The maximum absolute atomic E-state index is 13.3. The van der Waals surface area contributed by atoms with Crippen LogP contribution in [0.5, 0.6) is 0 Å². The molecule has 0 unspecified atom stereocenters. The Balaban J connectivity index is 1.51. The third-order valence-electron chi connectivity index (χ3n) is 6.79. The molecular formula is C25H34N4O4S. The molecule has 8 nitrogen and oxygen atoms in total. The van der Waals surface area contributed by atoms with Crippen LogP contribution in [-0.2, 0) is 10.0 Å². The number of benzene rings is 2. The number of fused-ring (bicyclic) bond motifs is 1. The van der Waals surface area contributed by atoms with Gasteiger partial charge in [0.25, 0.3) is 5.91 Å². The highest BCUT2D eigenvalue weighted by Crippen LogP contribution is 2.28. The largest absolute Gasteiger partial charge is 0.349 e. The summed E-state index contributed by atoms with van der Waals surface area (Å²) in [6.45, 7) is 3.43. The number of hydrogen-bond acceptors (Lipinski definition) is 4. The highest BCUT2D eigenvalue weighted by molar-refractivity contribution is 7.89. The summed E-state index contributed by atoms with van der Waals surface area (Å²) in [5.74, 6) is -0.155. The van der Waals surface area contributed by atoms with Gasteiger partial charge in [-0.05, 0) is 50.1 Å². The SMILES string of the molecule is CCNC(=O)N1CCC(NS(=O)(=O)c2ccc(C(=O)NC3CCCCC3)c3ccccc23)CC1. The zero-order valence-electron chi connectivity index (χ0n) is 19.7. The van der Waals surface area contributed by atoms with Gasteiger partial charge in [-0.25, -0.2) is 17.9 Å². The molecule has 0 aromatic heterocycles. The minimum absolute atomic E-state index is 0.114. The molecule has 3 N–H and O–H groups in total. The van der Waals surface area contributed by atoms with E-state index in [1.165, 1.54) is 12.5 Å². The number of likely N-dealkylation sites (tertiary alicyclic amines) is 1. The Morgan fingerprint density at radius 1 is 0.912 bits per heavy atom. The Bertz CT molecular complexity index is 1140. The molecule has 34 heavy (non-hydrogen) atoms. The van der Waals surface area contributed by atoms with Gasteiger partial charge >= 0.3 is 6.03 Å². The molecule has 0 atom stereocenters. The Labute approximate surface area is 201 Å². The molecular weight excluding hydrogens is 452 g/mol. The Kier molecular flexibility index (Phi) is 7.73. The first kappa shape index (κ1) is 24.5. The normalized spacial score (nSPS) is 18.1. The molecule has 2 fully saturated rings. The molecule has 1 heterocycles. The average Bonchev–Trinajstić information content (AvgIpc) is 2.84. The lowest BCUT2D eigenvalue weighted by molar-refractivity contribution is 0.0929. The smallest absolute Gasteiger partial charge is 0.317 e. The average molecular weight is 487 g/mol. The van der Waals surface area contributed by atoms with Crippen LogP contribution in [0.3, 0.4) is 0 Å². The van der Waals surface area contributed by atoms with Gasteiger partial charge in [-0.3, -0.25) is 4.79 Å². The summed E-state index contributed by atoms with van der Waals surface area (Å²) in [5.41, 5.74) is 0.496. The number of sulfonamides is 1. The number of carbonyl (C=O) groups excluding carboxylic acids is 2. The Hall–Kier alpha value is -2.65. The van der Waals surface area contributed by atoms with Gasteiger partial charge in [-0.15, -0.1) is 0 Å². The summed E-state index contributed by atoms with van der Waals surface area (Å²) in [4.78, 5) is 26.9. The number of carbonyl (C=O) groups is 2. The fourth-order valence-electron chi connectivity index (χ4n) is 4.96. The van der Waals surface area contributed by atoms with E-state index in [1.54, 1.807) is 29.2 Å². The molecule has 2 aromatic carbocycles. The zero-order chi connectivity index (χ0) is 24.1. The third kappa shape index (κ3) is 5.52. The molecule has 184 valence electrons. The van der Waals surface area contributed by atoms with E-state index < -0.39 is 10.0 Å². The van der Waals surface area contributed by atoms with Gasteiger partial charge in [0.05, 0.1) is 4.90 Å². The standard InChI is InChI=1S/C25H34N4O4S/c1-2-26-25(31)29-16-14-19(15-17-29)28-34(32,33)23-13-12-22(20-10-6-7-11-21(20)23)24(30)27-18-8-4-3-5-9-18/h6-7,10-13,18-19,28H,2-5,8-9,14-17H2,1H3,(H,26,31)(H,27,30). The molecule has 1 aliphatic heterocycles. The van der Waals surface area contributed by atoms with E-state index in [1.807, 2.05) is 13.0 Å². The lowest BCUT2D eigenvalue weighted by atomic mass is 9.95. The van der Waals surface area contributed by atoms with Crippen molar-refractivity contribution in [3.8, 4) is 0 Å². The van der Waals surface area contributed by atoms with Crippen molar-refractivity contribution in [2.75, 3.05) is 19.6 Å². The summed E-state index contributed by atoms with van der Waals surface area (Å²) in [6.07, 6.45) is 6.53. The number of piperidine rings is 1. The third-order valence-corrected chi connectivity index (χ3v) is 8.37. The highest BCUT2D eigenvalue weighted by Gasteiger charge is 2.28. The number of urea groups is 1. The van der Waals surface area contributed by atoms with E-state index in [-0.39, 0.29) is 28.9 Å². The van der Waals surface area contributed by atoms with Crippen molar-refractivity contribution >= 4 is 32.7 Å². The van der Waals surface area contributed by atoms with Crippen molar-refractivity contribution in [2.24, 2.45) is 0 Å². The fourth-order valence-corrected chi connectivity index (χ4v) is 6.48. The van der Waals surface area contributed by atoms with E-state index in [2.05, 4.69) is 15.4 Å². The molecule has 0 bridgehead atoms. The minimum Gasteiger partial charge on any atom is -0.349 e. The summed E-state index contributed by atoms with van der Waals surface area (Å²) in [5, 5.41) is 7.07. The Morgan fingerprint density at radius 2 is 1.59 bits per heavy atom. The lowest BCUT2D eigenvalue weighted by Gasteiger charge is -2.32. The summed E-state index contributed by atoms with van der Waals surface area (Å²) >= 11 is 0. The van der Waals surface area contributed by atoms with Crippen molar-refractivity contribution < 1.29 is 18.0 Å². The van der Waals surface area contributed by atoms with Gasteiger partial charge in [0.15, 0.2) is 0 Å². The van der Waals surface area contributed by atoms with E-state index >= 15 is 0 Å². The van der Waals surface area contributed by atoms with E-state index in [4.69, 9.17) is 0 Å². The van der Waals surface area contributed by atoms with Crippen LogP contribution in [0.25, 0.3) is 10.8 Å². The van der Waals surface area contributed by atoms with Crippen LogP contribution in [-0.4, -0.2) is 57.0 Å². The molecule has 1 saturated heterocycles. The minimum atomic E-state index is -3.80. The van der Waals surface area contributed by atoms with Crippen LogP contribution >= 0.6 is 0 Å². The van der Waals surface area contributed by atoms with Crippen LogP contribution in [0, 0.1) is 0 Å². The van der Waals surface area contributed by atoms with Crippen LogP contribution in [0.4, 0.5) is 4.79 Å². The van der Waals surface area contributed by atoms with Crippen molar-refractivity contribution in [1.29, 1.82) is 0 Å². The van der Waals surface area contributed by atoms with Crippen molar-refractivity contribution in [2.45, 2.75) is 68.8 Å². The Morgan fingerprint density at radius 3 is 2.26 bits per heavy atom. The fraction of sp³-hybridized carbons (Fsp3) is 0.520. The van der Waals surface area contributed by atoms with Crippen LogP contribution in [0.2, 0.25) is 0 Å². The zero-order valence-corrected chi connectivity index (χ0v) is 20.5. The molecule has 1 aliphatic carbocycles. The van der Waals surface area contributed by atoms with Gasteiger partial charge in [-0.2, -0.15) is 0 Å².